The van der Waals surface area contributed by atoms with E-state index in [0.29, 0.717) is 43.6 Å². The maximum atomic E-state index is 12.0. The van der Waals surface area contributed by atoms with Crippen molar-refractivity contribution in [2.24, 2.45) is 5.92 Å². The summed E-state index contributed by atoms with van der Waals surface area (Å²) in [6.07, 6.45) is 3.65. The Morgan fingerprint density at radius 1 is 0.906 bits per heavy atom. The highest BCUT2D eigenvalue weighted by Crippen LogP contribution is 2.13. The van der Waals surface area contributed by atoms with E-state index in [0.717, 1.165) is 11.1 Å². The molecule has 2 rings (SSSR count). The monoisotopic (exact) mass is 439 g/mol. The summed E-state index contributed by atoms with van der Waals surface area (Å²) in [4.78, 5) is 35.4. The average Bonchev–Trinajstić information content (AvgIpc) is 2.77. The number of nitrogens with one attached hydrogen (secondary N) is 3. The molecule has 0 radical (unpaired) electrons. The second-order valence-corrected chi connectivity index (χ2v) is 7.52. The predicted molar refractivity (Wildman–Crippen MR) is 119 cm³/mol. The van der Waals surface area contributed by atoms with E-state index in [-0.39, 0.29) is 24.1 Å². The summed E-state index contributed by atoms with van der Waals surface area (Å²) in [6.45, 7) is 6.82. The molecule has 0 saturated heterocycles. The summed E-state index contributed by atoms with van der Waals surface area (Å²) in [5.74, 6) is 0.355. The van der Waals surface area contributed by atoms with Crippen molar-refractivity contribution in [2.45, 2.75) is 40.2 Å². The van der Waals surface area contributed by atoms with E-state index in [2.05, 4.69) is 36.3 Å². The van der Waals surface area contributed by atoms with Crippen molar-refractivity contribution < 1.29 is 14.4 Å². The van der Waals surface area contributed by atoms with Crippen LogP contribution in [0.3, 0.4) is 0 Å². The Morgan fingerprint density at radius 3 is 2.19 bits per heavy atom. The van der Waals surface area contributed by atoms with Crippen molar-refractivity contribution in [3.8, 4) is 11.4 Å². The summed E-state index contributed by atoms with van der Waals surface area (Å²) in [5.41, 5.74) is 1.64. The lowest BCUT2D eigenvalue weighted by Crippen LogP contribution is -2.33. The van der Waals surface area contributed by atoms with Crippen LogP contribution in [-0.2, 0) is 20.9 Å². The quantitative estimate of drug-likeness (QED) is 0.270. The summed E-state index contributed by atoms with van der Waals surface area (Å²) < 4.78 is 0. The summed E-state index contributed by atoms with van der Waals surface area (Å²) in [7, 11) is 0. The topological polar surface area (TPSA) is 139 Å². The second-order valence-electron chi connectivity index (χ2n) is 7.52. The molecule has 0 fully saturated rings. The number of carbonyl (C=O) groups excluding carboxylic acids is 3. The molecule has 0 spiro atoms. The number of amides is 3. The zero-order valence-corrected chi connectivity index (χ0v) is 18.6. The van der Waals surface area contributed by atoms with E-state index < -0.39 is 0 Å². The van der Waals surface area contributed by atoms with Gasteiger partial charge in [0.15, 0.2) is 5.82 Å². The highest BCUT2D eigenvalue weighted by molar-refractivity contribution is 5.96. The van der Waals surface area contributed by atoms with Crippen LogP contribution in [0.15, 0.2) is 36.4 Å². The van der Waals surface area contributed by atoms with Gasteiger partial charge in [0.2, 0.25) is 23.5 Å². The first-order valence-corrected chi connectivity index (χ1v) is 10.5. The normalized spacial score (nSPS) is 10.9. The number of allylic oxidation sites excluding steroid dienone is 1. The van der Waals surface area contributed by atoms with Crippen molar-refractivity contribution >= 4 is 17.7 Å². The van der Waals surface area contributed by atoms with Crippen LogP contribution in [0, 0.1) is 12.8 Å². The molecule has 0 atom stereocenters. The molecule has 0 aliphatic rings. The molecular weight excluding hydrogens is 410 g/mol. The molecule has 0 unspecified atom stereocenters. The third kappa shape index (κ3) is 9.41. The highest BCUT2D eigenvalue weighted by Gasteiger charge is 2.09. The van der Waals surface area contributed by atoms with Crippen LogP contribution < -0.4 is 16.0 Å². The van der Waals surface area contributed by atoms with Gasteiger partial charge in [-0.3, -0.25) is 14.4 Å². The number of nitrogens with zero attached hydrogens (tertiary/aromatic N) is 4. The first kappa shape index (κ1) is 24.6. The molecule has 0 saturated carbocycles. The molecule has 10 heteroatoms. The molecule has 2 aromatic rings. The van der Waals surface area contributed by atoms with Gasteiger partial charge in [-0.1, -0.05) is 44.2 Å². The van der Waals surface area contributed by atoms with Crippen LogP contribution in [0.4, 0.5) is 0 Å². The average molecular weight is 440 g/mol. The first-order chi connectivity index (χ1) is 15.3. The molecule has 1 heterocycles. The van der Waals surface area contributed by atoms with Gasteiger partial charge in [-0.25, -0.2) is 0 Å². The molecule has 3 amide bonds. The fourth-order valence-corrected chi connectivity index (χ4v) is 2.50. The second kappa shape index (κ2) is 12.9. The Kier molecular flexibility index (Phi) is 9.89. The Labute approximate surface area is 187 Å². The minimum atomic E-state index is -0.367. The molecule has 10 nitrogen and oxygen atoms in total. The van der Waals surface area contributed by atoms with E-state index in [9.17, 15) is 14.4 Å². The number of hydrogen-bond donors (Lipinski definition) is 3. The van der Waals surface area contributed by atoms with Crippen molar-refractivity contribution in [1.82, 2.24) is 36.3 Å². The largest absolute Gasteiger partial charge is 0.356 e. The number of aromatic nitrogens is 4. The molecular formula is C22H29N7O3. The van der Waals surface area contributed by atoms with Gasteiger partial charge in [0.05, 0.1) is 0 Å². The molecule has 0 bridgehead atoms. The summed E-state index contributed by atoms with van der Waals surface area (Å²) in [5, 5.41) is 23.8. The Bertz CT molecular complexity index is 926. The molecule has 0 aliphatic carbocycles. The van der Waals surface area contributed by atoms with Gasteiger partial charge in [-0.15, -0.1) is 20.4 Å². The van der Waals surface area contributed by atoms with Gasteiger partial charge >= 0.3 is 0 Å². The maximum absolute atomic E-state index is 12.0. The first-order valence-electron chi connectivity index (χ1n) is 10.5. The van der Waals surface area contributed by atoms with Gasteiger partial charge in [-0.2, -0.15) is 0 Å². The van der Waals surface area contributed by atoms with Gasteiger partial charge in [0, 0.05) is 25.2 Å². The van der Waals surface area contributed by atoms with E-state index in [4.69, 9.17) is 0 Å². The Balaban J connectivity index is 1.62. The van der Waals surface area contributed by atoms with Crippen LogP contribution in [0.1, 0.15) is 38.1 Å². The lowest BCUT2D eigenvalue weighted by atomic mass is 10.1. The van der Waals surface area contributed by atoms with Gasteiger partial charge in [-0.05, 0) is 30.9 Å². The summed E-state index contributed by atoms with van der Waals surface area (Å²) in [6, 6.07) is 7.31. The number of benzene rings is 1. The Hall–Kier alpha value is -3.69. The van der Waals surface area contributed by atoms with Crippen molar-refractivity contribution in [1.29, 1.82) is 0 Å². The lowest BCUT2D eigenvalue weighted by Gasteiger charge is -2.08. The fourth-order valence-electron chi connectivity index (χ4n) is 2.50. The number of hydrogen-bond acceptors (Lipinski definition) is 7. The molecule has 1 aromatic carbocycles. The van der Waals surface area contributed by atoms with Crippen LogP contribution in [0.25, 0.3) is 11.4 Å². The predicted octanol–water partition coefficient (Wildman–Crippen LogP) is 1.08. The minimum absolute atomic E-state index is 0.155. The van der Waals surface area contributed by atoms with Crippen LogP contribution in [0.5, 0.6) is 0 Å². The SMILES string of the molecule is Cc1nnc(-c2ccc(CNC(=O)CC(=O)NCCCNC(=O)/C=C/C(C)C)cc2)nn1. The Morgan fingerprint density at radius 2 is 1.53 bits per heavy atom. The van der Waals surface area contributed by atoms with Crippen LogP contribution in [0.2, 0.25) is 0 Å². The number of aryl methyl sites for hydroxylation is 1. The minimum Gasteiger partial charge on any atom is -0.356 e. The third-order valence-corrected chi connectivity index (χ3v) is 4.21. The van der Waals surface area contributed by atoms with Crippen molar-refractivity contribution in [3.63, 3.8) is 0 Å². The van der Waals surface area contributed by atoms with Gasteiger partial charge < -0.3 is 16.0 Å². The van der Waals surface area contributed by atoms with E-state index >= 15 is 0 Å². The standard InChI is InChI=1S/C22H29N7O3/c1-15(2)5-10-19(30)23-11-4-12-24-20(31)13-21(32)25-14-17-6-8-18(9-7-17)22-28-26-16(3)27-29-22/h5-10,15H,4,11-14H2,1-3H3,(H,23,30)(H,24,31)(H,25,32)/b10-5+. The summed E-state index contributed by atoms with van der Waals surface area (Å²) >= 11 is 0. The zero-order valence-electron chi connectivity index (χ0n) is 18.6. The molecule has 170 valence electrons. The van der Waals surface area contributed by atoms with E-state index in [1.807, 2.05) is 44.2 Å². The van der Waals surface area contributed by atoms with Crippen molar-refractivity contribution in [2.75, 3.05) is 13.1 Å². The fraction of sp³-hybridized carbons (Fsp3) is 0.409. The zero-order chi connectivity index (χ0) is 23.3. The third-order valence-electron chi connectivity index (χ3n) is 4.21. The molecule has 0 aliphatic heterocycles. The van der Waals surface area contributed by atoms with Crippen LogP contribution >= 0.6 is 0 Å². The van der Waals surface area contributed by atoms with E-state index in [1.54, 1.807) is 6.92 Å². The molecule has 1 aromatic heterocycles. The highest BCUT2D eigenvalue weighted by atomic mass is 16.2. The number of rotatable bonds is 11. The van der Waals surface area contributed by atoms with Crippen LogP contribution in [-0.4, -0.2) is 51.2 Å². The lowest BCUT2D eigenvalue weighted by molar-refractivity contribution is -0.129. The van der Waals surface area contributed by atoms with Gasteiger partial charge in [0.25, 0.3) is 0 Å². The van der Waals surface area contributed by atoms with E-state index in [1.165, 1.54) is 6.08 Å². The van der Waals surface area contributed by atoms with Gasteiger partial charge in [0.1, 0.15) is 6.42 Å². The molecule has 3 N–H and O–H groups in total. The van der Waals surface area contributed by atoms with Crippen molar-refractivity contribution in [3.05, 3.63) is 47.8 Å². The maximum Gasteiger partial charge on any atom is 0.243 e. The number of carbonyl (C=O) groups is 3. The smallest absolute Gasteiger partial charge is 0.243 e. The molecule has 32 heavy (non-hydrogen) atoms.